The molecule has 0 saturated carbocycles. The van der Waals surface area contributed by atoms with Gasteiger partial charge in [-0.3, -0.25) is 0 Å². The summed E-state index contributed by atoms with van der Waals surface area (Å²) in [6, 6.07) is 10.7. The minimum absolute atomic E-state index is 0.232. The highest BCUT2D eigenvalue weighted by Gasteiger charge is 2.09. The van der Waals surface area contributed by atoms with Crippen molar-refractivity contribution in [3.05, 3.63) is 85.1 Å². The lowest BCUT2D eigenvalue weighted by molar-refractivity contribution is -0.133. The minimum atomic E-state index is -0.584. The molecular weight excluding hydrogens is 363 g/mol. The highest BCUT2D eigenvalue weighted by Crippen LogP contribution is 2.28. The Labute approximate surface area is 162 Å². The molecule has 2 aromatic rings. The number of hydrogen-bond donors (Lipinski definition) is 0. The highest BCUT2D eigenvalue weighted by molar-refractivity contribution is 5.89. The van der Waals surface area contributed by atoms with E-state index in [1.807, 2.05) is 0 Å². The predicted molar refractivity (Wildman–Crippen MR) is 103 cm³/mol. The Morgan fingerprint density at radius 3 is 2.07 bits per heavy atom. The number of esters is 2. The number of carbonyl (C=O) groups is 2. The molecule has 0 saturated heterocycles. The lowest BCUT2D eigenvalue weighted by Gasteiger charge is -2.08. The SMILES string of the molecule is C=C(C)C(=O)O/C=C\Oc1ccc(-c2ccc(OC(=O)C(=C)C)cc2)c(F)c1. The molecule has 0 N–H and O–H groups in total. The van der Waals surface area contributed by atoms with E-state index in [1.165, 1.54) is 13.0 Å². The third kappa shape index (κ3) is 5.67. The van der Waals surface area contributed by atoms with Gasteiger partial charge < -0.3 is 14.2 Å². The normalized spacial score (nSPS) is 10.4. The molecule has 0 fully saturated rings. The summed E-state index contributed by atoms with van der Waals surface area (Å²) in [5, 5.41) is 0. The topological polar surface area (TPSA) is 61.8 Å². The first-order valence-corrected chi connectivity index (χ1v) is 8.23. The number of rotatable bonds is 7. The van der Waals surface area contributed by atoms with Gasteiger partial charge in [0.1, 0.15) is 29.8 Å². The highest BCUT2D eigenvalue weighted by atomic mass is 19.1. The molecule has 0 bridgehead atoms. The Morgan fingerprint density at radius 2 is 1.50 bits per heavy atom. The fourth-order valence-corrected chi connectivity index (χ4v) is 2.00. The van der Waals surface area contributed by atoms with E-state index < -0.39 is 17.8 Å². The summed E-state index contributed by atoms with van der Waals surface area (Å²) in [4.78, 5) is 22.7. The maximum atomic E-state index is 14.4. The largest absolute Gasteiger partial charge is 0.462 e. The maximum absolute atomic E-state index is 14.4. The Bertz CT molecular complexity index is 942. The standard InChI is InChI=1S/C22H19FO5/c1-14(2)21(24)27-12-11-26-18-9-10-19(20(23)13-18)16-5-7-17(8-6-16)28-22(25)15(3)4/h5-13H,1,3H2,2,4H3/b12-11-. The average Bonchev–Trinajstić information content (AvgIpc) is 2.65. The number of hydrogen-bond acceptors (Lipinski definition) is 5. The Kier molecular flexibility index (Phi) is 6.87. The van der Waals surface area contributed by atoms with Crippen LogP contribution in [0.25, 0.3) is 11.1 Å². The van der Waals surface area contributed by atoms with Crippen molar-refractivity contribution >= 4 is 11.9 Å². The van der Waals surface area contributed by atoms with Gasteiger partial charge in [0.15, 0.2) is 0 Å². The van der Waals surface area contributed by atoms with Gasteiger partial charge in [0.05, 0.1) is 0 Å². The van der Waals surface area contributed by atoms with Gasteiger partial charge in [-0.1, -0.05) is 25.3 Å². The summed E-state index contributed by atoms with van der Waals surface area (Å²) in [5.74, 6) is -1.04. The van der Waals surface area contributed by atoms with Crippen LogP contribution in [0, 0.1) is 5.82 Å². The van der Waals surface area contributed by atoms with Crippen LogP contribution in [0.2, 0.25) is 0 Å². The molecule has 0 heterocycles. The van der Waals surface area contributed by atoms with Crippen molar-refractivity contribution in [1.29, 1.82) is 0 Å². The van der Waals surface area contributed by atoms with Gasteiger partial charge in [-0.25, -0.2) is 14.0 Å². The van der Waals surface area contributed by atoms with Gasteiger partial charge >= 0.3 is 11.9 Å². The van der Waals surface area contributed by atoms with Crippen molar-refractivity contribution in [2.24, 2.45) is 0 Å². The molecule has 28 heavy (non-hydrogen) atoms. The summed E-state index contributed by atoms with van der Waals surface area (Å²) in [6.45, 7) is 10.0. The van der Waals surface area contributed by atoms with Crippen molar-refractivity contribution in [3.8, 4) is 22.6 Å². The Morgan fingerprint density at radius 1 is 0.893 bits per heavy atom. The van der Waals surface area contributed by atoms with Crippen molar-refractivity contribution in [2.75, 3.05) is 0 Å². The van der Waals surface area contributed by atoms with E-state index in [9.17, 15) is 14.0 Å². The van der Waals surface area contributed by atoms with E-state index in [1.54, 1.807) is 43.3 Å². The van der Waals surface area contributed by atoms with Gasteiger partial charge in [0.2, 0.25) is 0 Å². The number of benzene rings is 2. The van der Waals surface area contributed by atoms with Crippen LogP contribution in [-0.2, 0) is 14.3 Å². The molecule has 0 aliphatic rings. The molecule has 0 aromatic heterocycles. The van der Waals surface area contributed by atoms with E-state index in [0.29, 0.717) is 16.9 Å². The molecule has 0 aliphatic carbocycles. The van der Waals surface area contributed by atoms with E-state index in [-0.39, 0.29) is 16.9 Å². The quantitative estimate of drug-likeness (QED) is 0.294. The molecule has 2 aromatic carbocycles. The van der Waals surface area contributed by atoms with Crippen LogP contribution >= 0.6 is 0 Å². The van der Waals surface area contributed by atoms with Crippen LogP contribution in [0.3, 0.4) is 0 Å². The maximum Gasteiger partial charge on any atom is 0.338 e. The molecule has 0 amide bonds. The van der Waals surface area contributed by atoms with Gasteiger partial charge in [-0.15, -0.1) is 0 Å². The molecule has 6 heteroatoms. The van der Waals surface area contributed by atoms with Crippen LogP contribution in [0.4, 0.5) is 4.39 Å². The summed E-state index contributed by atoms with van der Waals surface area (Å²) < 4.78 is 29.4. The first kappa shape index (κ1) is 20.6. The van der Waals surface area contributed by atoms with Crippen molar-refractivity contribution < 1.29 is 28.2 Å². The monoisotopic (exact) mass is 382 g/mol. The number of ether oxygens (including phenoxy) is 3. The zero-order chi connectivity index (χ0) is 20.7. The molecule has 0 radical (unpaired) electrons. The third-order valence-corrected chi connectivity index (χ3v) is 3.45. The van der Waals surface area contributed by atoms with Crippen molar-refractivity contribution in [3.63, 3.8) is 0 Å². The average molecular weight is 382 g/mol. The smallest absolute Gasteiger partial charge is 0.338 e. The number of halogens is 1. The Hall–Kier alpha value is -3.67. The van der Waals surface area contributed by atoms with Gasteiger partial charge in [-0.2, -0.15) is 0 Å². The molecule has 144 valence electrons. The third-order valence-electron chi connectivity index (χ3n) is 3.45. The number of carbonyl (C=O) groups excluding carboxylic acids is 2. The van der Waals surface area contributed by atoms with Crippen LogP contribution < -0.4 is 9.47 Å². The van der Waals surface area contributed by atoms with Gasteiger partial charge in [0, 0.05) is 22.8 Å². The van der Waals surface area contributed by atoms with E-state index in [0.717, 1.165) is 12.5 Å². The molecule has 0 atom stereocenters. The van der Waals surface area contributed by atoms with Crippen LogP contribution in [0.15, 0.2) is 79.3 Å². The molecular formula is C22H19FO5. The van der Waals surface area contributed by atoms with Gasteiger partial charge in [0.25, 0.3) is 0 Å². The second-order valence-electron chi connectivity index (χ2n) is 5.91. The summed E-state index contributed by atoms with van der Waals surface area (Å²) in [5.41, 5.74) is 1.49. The molecule has 0 aliphatic heterocycles. The summed E-state index contributed by atoms with van der Waals surface area (Å²) in [6.07, 6.45) is 2.17. The Balaban J connectivity index is 2.04. The van der Waals surface area contributed by atoms with E-state index in [2.05, 4.69) is 13.2 Å². The zero-order valence-corrected chi connectivity index (χ0v) is 15.5. The van der Waals surface area contributed by atoms with Crippen LogP contribution in [-0.4, -0.2) is 11.9 Å². The van der Waals surface area contributed by atoms with Gasteiger partial charge in [-0.05, 0) is 43.7 Å². The van der Waals surface area contributed by atoms with Crippen LogP contribution in [0.5, 0.6) is 11.5 Å². The fourth-order valence-electron chi connectivity index (χ4n) is 2.00. The molecule has 5 nitrogen and oxygen atoms in total. The summed E-state index contributed by atoms with van der Waals surface area (Å²) in [7, 11) is 0. The van der Waals surface area contributed by atoms with E-state index >= 15 is 0 Å². The molecule has 0 spiro atoms. The lowest BCUT2D eigenvalue weighted by Crippen LogP contribution is -2.07. The van der Waals surface area contributed by atoms with E-state index in [4.69, 9.17) is 14.2 Å². The predicted octanol–water partition coefficient (Wildman–Crippen LogP) is 4.94. The summed E-state index contributed by atoms with van der Waals surface area (Å²) >= 11 is 0. The first-order chi connectivity index (χ1) is 13.3. The second-order valence-corrected chi connectivity index (χ2v) is 5.91. The first-order valence-electron chi connectivity index (χ1n) is 8.23. The fraction of sp³-hybridized carbons (Fsp3) is 0.0909. The zero-order valence-electron chi connectivity index (χ0n) is 15.5. The molecule has 2 rings (SSSR count). The molecule has 0 unspecified atom stereocenters. The lowest BCUT2D eigenvalue weighted by atomic mass is 10.0. The second kappa shape index (κ2) is 9.32. The van der Waals surface area contributed by atoms with Crippen LogP contribution in [0.1, 0.15) is 13.8 Å². The van der Waals surface area contributed by atoms with Crippen molar-refractivity contribution in [2.45, 2.75) is 13.8 Å². The van der Waals surface area contributed by atoms with Crippen molar-refractivity contribution in [1.82, 2.24) is 0 Å². The minimum Gasteiger partial charge on any atom is -0.462 e.